The fraction of sp³-hybridized carbons (Fsp3) is 0.250. The van der Waals surface area contributed by atoms with Gasteiger partial charge in [0.1, 0.15) is 11.5 Å². The fourth-order valence-corrected chi connectivity index (χ4v) is 6.08. The summed E-state index contributed by atoms with van der Waals surface area (Å²) >= 11 is 0. The van der Waals surface area contributed by atoms with Crippen molar-refractivity contribution in [2.24, 2.45) is 5.92 Å². The van der Waals surface area contributed by atoms with E-state index in [0.717, 1.165) is 6.42 Å². The Morgan fingerprint density at radius 3 is 2.28 bits per heavy atom. The van der Waals surface area contributed by atoms with Gasteiger partial charge in [0, 0.05) is 29.2 Å². The molecule has 0 radical (unpaired) electrons. The lowest BCUT2D eigenvalue weighted by Crippen LogP contribution is -2.45. The number of esters is 1. The van der Waals surface area contributed by atoms with Gasteiger partial charge in [-0.3, -0.25) is 19.2 Å². The molecule has 0 aromatic heterocycles. The van der Waals surface area contributed by atoms with Crippen LogP contribution in [-0.2, 0) is 9.53 Å². The lowest BCUT2D eigenvalue weighted by molar-refractivity contribution is -0.144. The molecule has 2 N–H and O–H groups in total. The number of phenols is 2. The monoisotopic (exact) mass is 484 g/mol. The van der Waals surface area contributed by atoms with Crippen LogP contribution in [0.3, 0.4) is 0 Å². The van der Waals surface area contributed by atoms with Gasteiger partial charge in [-0.15, -0.1) is 0 Å². The van der Waals surface area contributed by atoms with Crippen molar-refractivity contribution in [3.05, 3.63) is 81.4 Å². The van der Waals surface area contributed by atoms with E-state index in [1.165, 1.54) is 42.5 Å². The molecule has 8 heteroatoms. The van der Waals surface area contributed by atoms with Gasteiger partial charge >= 0.3 is 5.97 Å². The number of aromatic hydroxyl groups is 2. The Hall–Kier alpha value is -4.33. The predicted molar refractivity (Wildman–Crippen MR) is 124 cm³/mol. The predicted octanol–water partition coefficient (Wildman–Crippen LogP) is 3.65. The number of phenolic OH excluding ortho intramolecular Hbond substituents is 2. The second-order valence-corrected chi connectivity index (χ2v) is 9.52. The molecule has 2 unspecified atom stereocenters. The van der Waals surface area contributed by atoms with Crippen molar-refractivity contribution in [2.45, 2.75) is 37.7 Å². The fourth-order valence-electron chi connectivity index (χ4n) is 6.08. The Morgan fingerprint density at radius 2 is 1.53 bits per heavy atom. The molecule has 1 heterocycles. The first-order valence-electron chi connectivity index (χ1n) is 11.7. The molecule has 1 aliphatic heterocycles. The molecule has 2 aromatic rings. The van der Waals surface area contributed by atoms with Crippen molar-refractivity contribution in [3.63, 3.8) is 0 Å². The molecule has 3 aliphatic carbocycles. The van der Waals surface area contributed by atoms with Crippen LogP contribution in [0.5, 0.6) is 11.5 Å². The van der Waals surface area contributed by atoms with Crippen LogP contribution in [0.4, 0.5) is 0 Å². The molecule has 0 saturated heterocycles. The zero-order chi connectivity index (χ0) is 25.4. The third-order valence-electron chi connectivity index (χ3n) is 7.61. The minimum atomic E-state index is -1.51. The maximum absolute atomic E-state index is 14.0. The molecular formula is C28H20O8. The van der Waals surface area contributed by atoms with Crippen LogP contribution in [0.25, 0.3) is 0 Å². The highest BCUT2D eigenvalue weighted by atomic mass is 16.6. The number of ether oxygens (including phenoxy) is 1. The van der Waals surface area contributed by atoms with Gasteiger partial charge in [-0.1, -0.05) is 24.3 Å². The van der Waals surface area contributed by atoms with Crippen LogP contribution in [0.15, 0.2) is 59.2 Å². The number of allylic oxidation sites excluding steroid dienone is 1. The van der Waals surface area contributed by atoms with Crippen molar-refractivity contribution in [2.75, 3.05) is 0 Å². The zero-order valence-electron chi connectivity index (χ0n) is 19.0. The summed E-state index contributed by atoms with van der Waals surface area (Å²) in [7, 11) is 0. The van der Waals surface area contributed by atoms with Gasteiger partial charge in [0.05, 0.1) is 22.6 Å². The first-order valence-corrected chi connectivity index (χ1v) is 11.7. The van der Waals surface area contributed by atoms with Crippen molar-refractivity contribution < 1.29 is 38.9 Å². The van der Waals surface area contributed by atoms with E-state index < -0.39 is 52.8 Å². The first kappa shape index (κ1) is 22.2. The third kappa shape index (κ3) is 2.84. The molecule has 180 valence electrons. The number of benzene rings is 2. The zero-order valence-corrected chi connectivity index (χ0v) is 19.0. The standard InChI is InChI=1S/C28H20O8/c29-17-8-3-6-14-21(17)19(31)12-16(25(14)33)23-24(28-10-2-1-5-13(28)11-20(32)36-28)26(34)15-7-4-9-18(30)22(15)27(23)35/h3-4,6-9,11,16,29-30H,1-2,5,10,12H2. The van der Waals surface area contributed by atoms with Crippen LogP contribution < -0.4 is 0 Å². The summed E-state index contributed by atoms with van der Waals surface area (Å²) in [6, 6.07) is 8.23. The van der Waals surface area contributed by atoms with Gasteiger partial charge in [-0.25, -0.2) is 4.79 Å². The Labute approximate surface area is 204 Å². The van der Waals surface area contributed by atoms with Crippen molar-refractivity contribution in [1.29, 1.82) is 0 Å². The summed E-state index contributed by atoms with van der Waals surface area (Å²) in [5.74, 6) is -5.28. The van der Waals surface area contributed by atoms with Gasteiger partial charge in [-0.05, 0) is 43.4 Å². The van der Waals surface area contributed by atoms with Crippen LogP contribution in [-0.4, -0.2) is 44.9 Å². The summed E-state index contributed by atoms with van der Waals surface area (Å²) in [4.78, 5) is 67.2. The van der Waals surface area contributed by atoms with E-state index in [-0.39, 0.29) is 45.6 Å². The number of hydrogen-bond donors (Lipinski definition) is 2. The molecule has 8 nitrogen and oxygen atoms in total. The lowest BCUT2D eigenvalue weighted by atomic mass is 9.64. The minimum Gasteiger partial charge on any atom is -0.507 e. The molecule has 0 amide bonds. The van der Waals surface area contributed by atoms with Crippen molar-refractivity contribution >= 4 is 29.1 Å². The average Bonchev–Trinajstić information content (AvgIpc) is 3.19. The van der Waals surface area contributed by atoms with Gasteiger partial charge in [0.15, 0.2) is 28.7 Å². The van der Waals surface area contributed by atoms with Crippen LogP contribution >= 0.6 is 0 Å². The smallest absolute Gasteiger partial charge is 0.332 e. The van der Waals surface area contributed by atoms with E-state index in [9.17, 15) is 34.2 Å². The summed E-state index contributed by atoms with van der Waals surface area (Å²) in [6.45, 7) is 0. The number of fused-ring (bicyclic) bond motifs is 3. The summed E-state index contributed by atoms with van der Waals surface area (Å²) in [5.41, 5.74) is -1.76. The highest BCUT2D eigenvalue weighted by molar-refractivity contribution is 6.32. The maximum atomic E-state index is 14.0. The first-order chi connectivity index (χ1) is 17.2. The maximum Gasteiger partial charge on any atom is 0.332 e. The van der Waals surface area contributed by atoms with Gasteiger partial charge in [0.2, 0.25) is 0 Å². The quantitative estimate of drug-likeness (QED) is 0.617. The molecule has 36 heavy (non-hydrogen) atoms. The molecular weight excluding hydrogens is 464 g/mol. The molecule has 1 saturated carbocycles. The molecule has 1 fully saturated rings. The normalized spacial score (nSPS) is 25.3. The van der Waals surface area contributed by atoms with E-state index >= 15 is 0 Å². The van der Waals surface area contributed by atoms with E-state index in [4.69, 9.17) is 4.74 Å². The number of ketones is 4. The molecule has 2 aromatic carbocycles. The van der Waals surface area contributed by atoms with Crippen LogP contribution in [0.1, 0.15) is 73.5 Å². The van der Waals surface area contributed by atoms with Crippen molar-refractivity contribution in [1.82, 2.24) is 0 Å². The topological polar surface area (TPSA) is 135 Å². The highest BCUT2D eigenvalue weighted by Gasteiger charge is 2.55. The van der Waals surface area contributed by atoms with Crippen LogP contribution in [0.2, 0.25) is 0 Å². The van der Waals surface area contributed by atoms with E-state index in [2.05, 4.69) is 0 Å². The van der Waals surface area contributed by atoms with Gasteiger partial charge in [0.25, 0.3) is 0 Å². The SMILES string of the molecule is O=C1C=C2CCCCC2(C2=C(C3CC(=O)c4c(O)cccc4C3=O)C(=O)c3c(O)cccc3C2=O)O1. The molecule has 0 spiro atoms. The third-order valence-corrected chi connectivity index (χ3v) is 7.61. The molecule has 0 bridgehead atoms. The van der Waals surface area contributed by atoms with Crippen LogP contribution in [0, 0.1) is 5.92 Å². The van der Waals surface area contributed by atoms with E-state index in [1.54, 1.807) is 0 Å². The summed E-state index contributed by atoms with van der Waals surface area (Å²) in [5, 5.41) is 20.7. The Kier molecular flexibility index (Phi) is 4.67. The summed E-state index contributed by atoms with van der Waals surface area (Å²) in [6.07, 6.45) is 2.99. The lowest BCUT2D eigenvalue weighted by Gasteiger charge is -2.40. The van der Waals surface area contributed by atoms with E-state index in [1.807, 2.05) is 0 Å². The largest absolute Gasteiger partial charge is 0.507 e. The van der Waals surface area contributed by atoms with E-state index in [0.29, 0.717) is 18.4 Å². The molecule has 4 aliphatic rings. The van der Waals surface area contributed by atoms with Gasteiger partial charge < -0.3 is 14.9 Å². The van der Waals surface area contributed by atoms with Gasteiger partial charge in [-0.2, -0.15) is 0 Å². The molecule has 2 atom stereocenters. The second kappa shape index (κ2) is 7.58. The Bertz CT molecular complexity index is 1510. The number of carbonyl (C=O) groups is 5. The Balaban J connectivity index is 1.64. The number of carbonyl (C=O) groups excluding carboxylic acids is 5. The number of rotatable bonds is 2. The van der Waals surface area contributed by atoms with Crippen molar-refractivity contribution in [3.8, 4) is 11.5 Å². The molecule has 6 rings (SSSR count). The minimum absolute atomic E-state index is 0.0476. The average molecular weight is 484 g/mol. The Morgan fingerprint density at radius 1 is 0.833 bits per heavy atom. The second-order valence-electron chi connectivity index (χ2n) is 9.52. The number of hydrogen-bond acceptors (Lipinski definition) is 8. The summed E-state index contributed by atoms with van der Waals surface area (Å²) < 4.78 is 5.77. The number of Topliss-reactive ketones (excluding diaryl/α,β-unsaturated/α-hetero) is 4. The highest BCUT2D eigenvalue weighted by Crippen LogP contribution is 2.51.